The fourth-order valence-corrected chi connectivity index (χ4v) is 0.853. The molecule has 0 N–H and O–H groups in total. The van der Waals surface area contributed by atoms with Gasteiger partial charge in [-0.1, -0.05) is 0 Å². The van der Waals surface area contributed by atoms with E-state index in [1.54, 1.807) is 0 Å². The molecule has 1 atom stereocenters. The molecular weight excluding hydrogens is 150 g/mol. The van der Waals surface area contributed by atoms with Crippen molar-refractivity contribution in [1.82, 2.24) is 4.90 Å². The van der Waals surface area contributed by atoms with Gasteiger partial charge in [0.15, 0.2) is 6.04 Å². The lowest BCUT2D eigenvalue weighted by Crippen LogP contribution is -2.37. The fraction of sp³-hybridized carbons (Fsp3) is 0.667. The molecule has 0 saturated carbocycles. The minimum absolute atomic E-state index is 0.0853. The molecule has 5 nitrogen and oxygen atoms in total. The van der Waals surface area contributed by atoms with Gasteiger partial charge in [0, 0.05) is 7.05 Å². The number of rotatable bonds is 1. The van der Waals surface area contributed by atoms with Crippen molar-refractivity contribution in [3.63, 3.8) is 0 Å². The van der Waals surface area contributed by atoms with Crippen LogP contribution < -0.4 is 0 Å². The Balaban J connectivity index is 2.61. The molecule has 0 aromatic heterocycles. The number of likely N-dealkylation sites (N-methyl/N-ethyl adjacent to an activating group) is 1. The van der Waals surface area contributed by atoms with Crippen LogP contribution in [0.4, 0.5) is 4.79 Å². The van der Waals surface area contributed by atoms with E-state index >= 15 is 0 Å². The smallest absolute Gasteiger partial charge is 0.410 e. The summed E-state index contributed by atoms with van der Waals surface area (Å²) in [6, 6.07) is -0.576. The number of esters is 1. The number of nitrogens with zero attached hydrogens (tertiary/aromatic N) is 1. The minimum Gasteiger partial charge on any atom is -0.467 e. The summed E-state index contributed by atoms with van der Waals surface area (Å²) < 4.78 is 9.03. The summed E-state index contributed by atoms with van der Waals surface area (Å²) in [5.74, 6) is -0.446. The van der Waals surface area contributed by atoms with E-state index in [1.807, 2.05) is 0 Å². The average Bonchev–Trinajstić information content (AvgIpc) is 2.32. The van der Waals surface area contributed by atoms with E-state index in [4.69, 9.17) is 0 Å². The van der Waals surface area contributed by atoms with E-state index in [0.29, 0.717) is 0 Å². The van der Waals surface area contributed by atoms with E-state index in [1.165, 1.54) is 19.1 Å². The fourth-order valence-electron chi connectivity index (χ4n) is 0.853. The normalized spacial score (nSPS) is 23.3. The first-order valence-electron chi connectivity index (χ1n) is 3.14. The molecule has 62 valence electrons. The lowest BCUT2D eigenvalue weighted by molar-refractivity contribution is -0.144. The van der Waals surface area contributed by atoms with Crippen LogP contribution in [0.5, 0.6) is 0 Å². The lowest BCUT2D eigenvalue weighted by Gasteiger charge is -2.12. The van der Waals surface area contributed by atoms with Crippen molar-refractivity contribution in [3.8, 4) is 0 Å². The third-order valence-electron chi connectivity index (χ3n) is 1.59. The molecule has 1 saturated heterocycles. The molecule has 1 unspecified atom stereocenters. The molecule has 1 amide bonds. The quantitative estimate of drug-likeness (QED) is 0.489. The van der Waals surface area contributed by atoms with Crippen LogP contribution in [0.25, 0.3) is 0 Å². The number of methoxy groups -OCH3 is 1. The van der Waals surface area contributed by atoms with Crippen LogP contribution in [0.3, 0.4) is 0 Å². The van der Waals surface area contributed by atoms with Gasteiger partial charge in [-0.3, -0.25) is 4.90 Å². The van der Waals surface area contributed by atoms with Crippen LogP contribution >= 0.6 is 0 Å². The number of ether oxygens (including phenoxy) is 2. The average molecular weight is 159 g/mol. The van der Waals surface area contributed by atoms with Crippen molar-refractivity contribution in [2.24, 2.45) is 0 Å². The number of hydrogen-bond donors (Lipinski definition) is 0. The highest BCUT2D eigenvalue weighted by molar-refractivity contribution is 5.83. The first-order valence-corrected chi connectivity index (χ1v) is 3.14. The van der Waals surface area contributed by atoms with Gasteiger partial charge >= 0.3 is 12.1 Å². The standard InChI is InChI=1S/C6H9NO4/c1-7-4(5(8)10-2)3-11-6(7)9/h4H,3H2,1-2H3. The largest absolute Gasteiger partial charge is 0.467 e. The van der Waals surface area contributed by atoms with Crippen LogP contribution in [-0.2, 0) is 14.3 Å². The summed E-state index contributed by atoms with van der Waals surface area (Å²) in [6.45, 7) is 0.0853. The highest BCUT2D eigenvalue weighted by atomic mass is 16.6. The second-order valence-corrected chi connectivity index (χ2v) is 2.23. The molecule has 0 aromatic carbocycles. The monoisotopic (exact) mass is 159 g/mol. The highest BCUT2D eigenvalue weighted by Crippen LogP contribution is 2.09. The van der Waals surface area contributed by atoms with Crippen molar-refractivity contribution in [1.29, 1.82) is 0 Å². The summed E-state index contributed by atoms with van der Waals surface area (Å²) in [6.07, 6.45) is -0.486. The van der Waals surface area contributed by atoms with Crippen molar-refractivity contribution >= 4 is 12.1 Å². The molecule has 1 rings (SSSR count). The highest BCUT2D eigenvalue weighted by Gasteiger charge is 2.35. The van der Waals surface area contributed by atoms with Crippen LogP contribution in [0, 0.1) is 0 Å². The summed E-state index contributed by atoms with van der Waals surface area (Å²) in [5, 5.41) is 0. The van der Waals surface area contributed by atoms with Crippen molar-refractivity contribution in [3.05, 3.63) is 0 Å². The second-order valence-electron chi connectivity index (χ2n) is 2.23. The zero-order valence-corrected chi connectivity index (χ0v) is 6.36. The number of carbonyl (C=O) groups excluding carboxylic acids is 2. The van der Waals surface area contributed by atoms with Crippen LogP contribution in [0.2, 0.25) is 0 Å². The van der Waals surface area contributed by atoms with E-state index < -0.39 is 18.1 Å². The molecule has 1 aliphatic heterocycles. The van der Waals surface area contributed by atoms with Crippen molar-refractivity contribution in [2.45, 2.75) is 6.04 Å². The number of cyclic esters (lactones) is 1. The Morgan fingerprint density at radius 1 is 1.82 bits per heavy atom. The van der Waals surface area contributed by atoms with Gasteiger partial charge in [0.1, 0.15) is 6.61 Å². The summed E-state index contributed by atoms with van der Waals surface area (Å²) in [5.41, 5.74) is 0. The van der Waals surface area contributed by atoms with Crippen LogP contribution in [0.1, 0.15) is 0 Å². The Hall–Kier alpha value is -1.26. The predicted molar refractivity (Wildman–Crippen MR) is 34.9 cm³/mol. The Kier molecular flexibility index (Phi) is 1.98. The van der Waals surface area contributed by atoms with E-state index in [9.17, 15) is 9.59 Å². The molecule has 1 fully saturated rings. The molecular formula is C6H9NO4. The van der Waals surface area contributed by atoms with Crippen LogP contribution in [0.15, 0.2) is 0 Å². The molecule has 0 aliphatic carbocycles. The molecule has 11 heavy (non-hydrogen) atoms. The van der Waals surface area contributed by atoms with Gasteiger partial charge in [0.05, 0.1) is 7.11 Å². The molecule has 1 heterocycles. The van der Waals surface area contributed by atoms with Gasteiger partial charge in [-0.2, -0.15) is 0 Å². The predicted octanol–water partition coefficient (Wildman–Crippen LogP) is -0.390. The molecule has 0 spiro atoms. The third kappa shape index (κ3) is 1.26. The minimum atomic E-state index is -0.576. The number of hydrogen-bond acceptors (Lipinski definition) is 4. The van der Waals surface area contributed by atoms with Gasteiger partial charge in [0.25, 0.3) is 0 Å². The third-order valence-corrected chi connectivity index (χ3v) is 1.59. The summed E-state index contributed by atoms with van der Waals surface area (Å²) in [7, 11) is 2.77. The maximum absolute atomic E-state index is 10.9. The molecule has 0 bridgehead atoms. The first-order chi connectivity index (χ1) is 5.16. The zero-order chi connectivity index (χ0) is 8.43. The Morgan fingerprint density at radius 2 is 2.45 bits per heavy atom. The Morgan fingerprint density at radius 3 is 2.82 bits per heavy atom. The van der Waals surface area contributed by atoms with Gasteiger partial charge in [-0.15, -0.1) is 0 Å². The second kappa shape index (κ2) is 2.77. The van der Waals surface area contributed by atoms with E-state index in [-0.39, 0.29) is 6.61 Å². The van der Waals surface area contributed by atoms with Crippen molar-refractivity contribution < 1.29 is 19.1 Å². The molecule has 1 aliphatic rings. The summed E-state index contributed by atoms with van der Waals surface area (Å²) >= 11 is 0. The molecule has 0 aromatic rings. The Labute approximate surface area is 63.9 Å². The van der Waals surface area contributed by atoms with Gasteiger partial charge in [-0.05, 0) is 0 Å². The first kappa shape index (κ1) is 7.84. The van der Waals surface area contributed by atoms with Gasteiger partial charge < -0.3 is 9.47 Å². The van der Waals surface area contributed by atoms with Crippen LogP contribution in [-0.4, -0.2) is 43.8 Å². The molecule has 0 radical (unpaired) electrons. The summed E-state index contributed by atoms with van der Waals surface area (Å²) in [4.78, 5) is 22.8. The number of carbonyl (C=O) groups is 2. The lowest BCUT2D eigenvalue weighted by atomic mass is 10.3. The zero-order valence-electron chi connectivity index (χ0n) is 6.36. The van der Waals surface area contributed by atoms with Gasteiger partial charge in [-0.25, -0.2) is 9.59 Å². The maximum Gasteiger partial charge on any atom is 0.410 e. The number of amides is 1. The maximum atomic E-state index is 10.9. The van der Waals surface area contributed by atoms with Gasteiger partial charge in [0.2, 0.25) is 0 Å². The Bertz CT molecular complexity index is 191. The SMILES string of the molecule is COC(=O)C1COC(=O)N1C. The van der Waals surface area contributed by atoms with Crippen molar-refractivity contribution in [2.75, 3.05) is 20.8 Å². The van der Waals surface area contributed by atoms with E-state index in [0.717, 1.165) is 0 Å². The topological polar surface area (TPSA) is 55.8 Å². The molecule has 5 heteroatoms. The van der Waals surface area contributed by atoms with E-state index in [2.05, 4.69) is 9.47 Å².